The molecule has 1 aliphatic heterocycles. The van der Waals surface area contributed by atoms with Crippen LogP contribution in [0.3, 0.4) is 0 Å². The van der Waals surface area contributed by atoms with E-state index in [0.717, 1.165) is 0 Å². The highest BCUT2D eigenvalue weighted by atomic mass is 16.6. The third-order valence-corrected chi connectivity index (χ3v) is 2.09. The molecule has 5 nitrogen and oxygen atoms in total. The van der Waals surface area contributed by atoms with Gasteiger partial charge in [-0.05, 0) is 6.42 Å². The van der Waals surface area contributed by atoms with Crippen LogP contribution in [0.4, 0.5) is 0 Å². The Labute approximate surface area is 70.2 Å². The van der Waals surface area contributed by atoms with E-state index in [1.807, 2.05) is 0 Å². The van der Waals surface area contributed by atoms with Gasteiger partial charge in [-0.1, -0.05) is 6.92 Å². The van der Waals surface area contributed by atoms with Crippen molar-refractivity contribution >= 4 is 0 Å². The Bertz CT molecular complexity index is 146. The SMILES string of the molecule is CC[C@@H]1O[C@@H](O)[C@H](O)[C@H](O)[C@H]1O. The van der Waals surface area contributed by atoms with E-state index in [2.05, 4.69) is 0 Å². The highest BCUT2D eigenvalue weighted by molar-refractivity contribution is 4.87. The minimum absolute atomic E-state index is 0.474. The van der Waals surface area contributed by atoms with Gasteiger partial charge in [-0.3, -0.25) is 0 Å². The van der Waals surface area contributed by atoms with E-state index in [4.69, 9.17) is 14.9 Å². The van der Waals surface area contributed by atoms with E-state index in [1.165, 1.54) is 0 Å². The minimum atomic E-state index is -1.43. The van der Waals surface area contributed by atoms with Crippen LogP contribution in [0.25, 0.3) is 0 Å². The van der Waals surface area contributed by atoms with Gasteiger partial charge >= 0.3 is 0 Å². The summed E-state index contributed by atoms with van der Waals surface area (Å²) < 4.78 is 4.83. The summed E-state index contributed by atoms with van der Waals surface area (Å²) in [4.78, 5) is 0. The second-order valence-corrected chi connectivity index (χ2v) is 2.95. The summed E-state index contributed by atoms with van der Waals surface area (Å²) in [6.45, 7) is 1.75. The Balaban J connectivity index is 2.63. The van der Waals surface area contributed by atoms with Gasteiger partial charge in [-0.25, -0.2) is 0 Å². The Kier molecular flexibility index (Phi) is 3.03. The average molecular weight is 178 g/mol. The molecule has 0 spiro atoms. The Morgan fingerprint density at radius 2 is 1.58 bits per heavy atom. The summed E-state index contributed by atoms with van der Waals surface area (Å²) in [6.07, 6.45) is -5.44. The Morgan fingerprint density at radius 1 is 1.00 bits per heavy atom. The van der Waals surface area contributed by atoms with Crippen LogP contribution in [0.2, 0.25) is 0 Å². The van der Waals surface area contributed by atoms with Crippen molar-refractivity contribution in [2.75, 3.05) is 0 Å². The number of rotatable bonds is 1. The van der Waals surface area contributed by atoms with Gasteiger partial charge < -0.3 is 25.2 Å². The smallest absolute Gasteiger partial charge is 0.183 e. The lowest BCUT2D eigenvalue weighted by Gasteiger charge is -2.37. The van der Waals surface area contributed by atoms with Crippen LogP contribution in [-0.4, -0.2) is 51.1 Å². The molecule has 0 radical (unpaired) electrons. The Hall–Kier alpha value is -0.200. The van der Waals surface area contributed by atoms with Gasteiger partial charge in [-0.2, -0.15) is 0 Å². The number of aliphatic hydroxyl groups is 4. The van der Waals surface area contributed by atoms with E-state index in [9.17, 15) is 10.2 Å². The van der Waals surface area contributed by atoms with Crippen LogP contribution >= 0.6 is 0 Å². The standard InChI is InChI=1S/C7H14O5/c1-2-3-4(8)5(9)6(10)7(11)12-3/h3-11H,2H2,1H3/t3-,4-,5+,6+,7+/m0/s1. The van der Waals surface area contributed by atoms with Gasteiger partial charge in [0.05, 0.1) is 6.10 Å². The summed E-state index contributed by atoms with van der Waals surface area (Å²) in [5.74, 6) is 0. The van der Waals surface area contributed by atoms with Crippen LogP contribution in [-0.2, 0) is 4.74 Å². The fourth-order valence-corrected chi connectivity index (χ4v) is 1.27. The third-order valence-electron chi connectivity index (χ3n) is 2.09. The first-order valence-corrected chi connectivity index (χ1v) is 3.95. The molecule has 5 heteroatoms. The zero-order chi connectivity index (χ0) is 9.30. The van der Waals surface area contributed by atoms with Crippen molar-refractivity contribution in [1.29, 1.82) is 0 Å². The van der Waals surface area contributed by atoms with Crippen molar-refractivity contribution in [2.45, 2.75) is 44.1 Å². The molecule has 1 rings (SSSR count). The highest BCUT2D eigenvalue weighted by Gasteiger charge is 2.41. The molecule has 1 saturated heterocycles. The van der Waals surface area contributed by atoms with Gasteiger partial charge in [0.2, 0.25) is 0 Å². The number of aliphatic hydroxyl groups excluding tert-OH is 4. The van der Waals surface area contributed by atoms with Gasteiger partial charge in [0.15, 0.2) is 6.29 Å². The van der Waals surface area contributed by atoms with Crippen molar-refractivity contribution in [2.24, 2.45) is 0 Å². The molecule has 0 aliphatic carbocycles. The number of hydrogen-bond acceptors (Lipinski definition) is 5. The Morgan fingerprint density at radius 3 is 2.08 bits per heavy atom. The van der Waals surface area contributed by atoms with E-state index < -0.39 is 30.7 Å². The molecule has 1 fully saturated rings. The first-order chi connectivity index (χ1) is 5.57. The maximum atomic E-state index is 9.28. The molecule has 0 aromatic heterocycles. The van der Waals surface area contributed by atoms with Crippen LogP contribution in [0.5, 0.6) is 0 Å². The van der Waals surface area contributed by atoms with Crippen molar-refractivity contribution in [3.8, 4) is 0 Å². The molecule has 1 heterocycles. The highest BCUT2D eigenvalue weighted by Crippen LogP contribution is 2.21. The van der Waals surface area contributed by atoms with Gasteiger partial charge in [-0.15, -0.1) is 0 Å². The van der Waals surface area contributed by atoms with E-state index in [1.54, 1.807) is 6.92 Å². The normalized spacial score (nSPS) is 49.2. The minimum Gasteiger partial charge on any atom is -0.388 e. The molecule has 12 heavy (non-hydrogen) atoms. The lowest BCUT2D eigenvalue weighted by atomic mass is 9.97. The monoisotopic (exact) mass is 178 g/mol. The van der Waals surface area contributed by atoms with E-state index >= 15 is 0 Å². The first-order valence-electron chi connectivity index (χ1n) is 3.95. The molecular formula is C7H14O5. The predicted molar refractivity (Wildman–Crippen MR) is 39.2 cm³/mol. The first kappa shape index (κ1) is 9.88. The molecule has 0 bridgehead atoms. The van der Waals surface area contributed by atoms with E-state index in [0.29, 0.717) is 6.42 Å². The molecule has 0 amide bonds. The molecule has 0 unspecified atom stereocenters. The molecule has 4 N–H and O–H groups in total. The summed E-state index contributed by atoms with van der Waals surface area (Å²) in [5, 5.41) is 36.5. The van der Waals surface area contributed by atoms with Gasteiger partial charge in [0.1, 0.15) is 18.3 Å². The van der Waals surface area contributed by atoms with Crippen molar-refractivity contribution < 1.29 is 25.2 Å². The zero-order valence-electron chi connectivity index (χ0n) is 6.79. The maximum Gasteiger partial charge on any atom is 0.183 e. The molecule has 0 aromatic carbocycles. The molecule has 5 atom stereocenters. The van der Waals surface area contributed by atoms with Crippen LogP contribution in [0.15, 0.2) is 0 Å². The molecule has 0 aromatic rings. The lowest BCUT2D eigenvalue weighted by Crippen LogP contribution is -2.57. The van der Waals surface area contributed by atoms with Gasteiger partial charge in [0, 0.05) is 0 Å². The van der Waals surface area contributed by atoms with Gasteiger partial charge in [0.25, 0.3) is 0 Å². The molecule has 0 saturated carbocycles. The largest absolute Gasteiger partial charge is 0.388 e. The molecular weight excluding hydrogens is 164 g/mol. The summed E-state index contributed by atoms with van der Waals surface area (Å²) >= 11 is 0. The van der Waals surface area contributed by atoms with Crippen LogP contribution in [0, 0.1) is 0 Å². The number of hydrogen-bond donors (Lipinski definition) is 4. The fourth-order valence-electron chi connectivity index (χ4n) is 1.27. The lowest BCUT2D eigenvalue weighted by molar-refractivity contribution is -0.281. The van der Waals surface area contributed by atoms with E-state index in [-0.39, 0.29) is 0 Å². The summed E-state index contributed by atoms with van der Waals surface area (Å²) in [7, 11) is 0. The predicted octanol–water partition coefficient (Wildman–Crippen LogP) is -1.80. The van der Waals surface area contributed by atoms with Crippen LogP contribution < -0.4 is 0 Å². The summed E-state index contributed by atoms with van der Waals surface area (Å²) in [6, 6.07) is 0. The molecule has 72 valence electrons. The second-order valence-electron chi connectivity index (χ2n) is 2.95. The van der Waals surface area contributed by atoms with Crippen molar-refractivity contribution in [3.63, 3.8) is 0 Å². The maximum absolute atomic E-state index is 9.28. The zero-order valence-corrected chi connectivity index (χ0v) is 6.79. The fraction of sp³-hybridized carbons (Fsp3) is 1.00. The summed E-state index contributed by atoms with van der Waals surface area (Å²) in [5.41, 5.74) is 0. The average Bonchev–Trinajstić information content (AvgIpc) is 2.08. The second kappa shape index (κ2) is 3.68. The third kappa shape index (κ3) is 1.60. The van der Waals surface area contributed by atoms with Crippen molar-refractivity contribution in [3.05, 3.63) is 0 Å². The van der Waals surface area contributed by atoms with Crippen molar-refractivity contribution in [1.82, 2.24) is 0 Å². The molecule has 1 aliphatic rings. The number of ether oxygens (including phenoxy) is 1. The quantitative estimate of drug-likeness (QED) is 0.380. The van der Waals surface area contributed by atoms with Crippen LogP contribution in [0.1, 0.15) is 13.3 Å². The topological polar surface area (TPSA) is 90.2 Å².